The van der Waals surface area contributed by atoms with Crippen LogP contribution in [0.25, 0.3) is 11.1 Å². The molecule has 100 valence electrons. The van der Waals surface area contributed by atoms with E-state index in [1.54, 1.807) is 12.1 Å². The highest BCUT2D eigenvalue weighted by atomic mass is 19.1. The number of benzene rings is 2. The number of hydrogen-bond donors (Lipinski definition) is 0. The fourth-order valence-corrected chi connectivity index (χ4v) is 1.76. The highest BCUT2D eigenvalue weighted by molar-refractivity contribution is 5.73. The van der Waals surface area contributed by atoms with E-state index in [0.717, 1.165) is 5.56 Å². The van der Waals surface area contributed by atoms with Crippen molar-refractivity contribution in [2.45, 2.75) is 13.8 Å². The second-order valence-corrected chi connectivity index (χ2v) is 3.93. The Morgan fingerprint density at radius 3 is 2.42 bits per heavy atom. The molecule has 0 aliphatic rings. The monoisotopic (exact) mass is 260 g/mol. The number of halogens is 1. The molecule has 3 heteroatoms. The summed E-state index contributed by atoms with van der Waals surface area (Å²) in [5.74, 6) is -0.704. The Kier molecular flexibility index (Phi) is 5.24. The smallest absolute Gasteiger partial charge is 0.309 e. The standard InChI is InChI=1S/C15H13FO2.CH4/c1-18-15(17)10-11-7-8-13(14(16)9-11)12-5-3-2-4-6-12;/h2-9H,10H2,1H3;1H4. The van der Waals surface area contributed by atoms with Gasteiger partial charge in [-0.05, 0) is 17.2 Å². The lowest BCUT2D eigenvalue weighted by Gasteiger charge is -2.06. The summed E-state index contributed by atoms with van der Waals surface area (Å²) >= 11 is 0. The van der Waals surface area contributed by atoms with Crippen molar-refractivity contribution < 1.29 is 13.9 Å². The third-order valence-corrected chi connectivity index (χ3v) is 2.69. The number of hydrogen-bond acceptors (Lipinski definition) is 2. The summed E-state index contributed by atoms with van der Waals surface area (Å²) < 4.78 is 18.5. The lowest BCUT2D eigenvalue weighted by molar-refractivity contribution is -0.139. The predicted molar refractivity (Wildman–Crippen MR) is 74.3 cm³/mol. The van der Waals surface area contributed by atoms with Crippen LogP contribution in [0.2, 0.25) is 0 Å². The van der Waals surface area contributed by atoms with Gasteiger partial charge in [-0.25, -0.2) is 4.39 Å². The Morgan fingerprint density at radius 1 is 1.16 bits per heavy atom. The van der Waals surface area contributed by atoms with Crippen LogP contribution in [0.3, 0.4) is 0 Å². The average molecular weight is 260 g/mol. The van der Waals surface area contributed by atoms with E-state index in [-0.39, 0.29) is 25.6 Å². The summed E-state index contributed by atoms with van der Waals surface area (Å²) in [6, 6.07) is 14.1. The molecule has 0 fully saturated rings. The van der Waals surface area contributed by atoms with E-state index >= 15 is 0 Å². The molecule has 0 spiro atoms. The Bertz CT molecular complexity index is 550. The predicted octanol–water partition coefficient (Wildman–Crippen LogP) is 3.84. The van der Waals surface area contributed by atoms with Gasteiger partial charge in [0, 0.05) is 5.56 Å². The number of methoxy groups -OCH3 is 1. The van der Waals surface area contributed by atoms with E-state index in [2.05, 4.69) is 4.74 Å². The van der Waals surface area contributed by atoms with Gasteiger partial charge >= 0.3 is 5.97 Å². The summed E-state index contributed by atoms with van der Waals surface area (Å²) in [6.45, 7) is 0. The molecule has 0 atom stereocenters. The maximum absolute atomic E-state index is 13.9. The van der Waals surface area contributed by atoms with Gasteiger partial charge in [-0.2, -0.15) is 0 Å². The zero-order valence-corrected chi connectivity index (χ0v) is 10.0. The van der Waals surface area contributed by atoms with Gasteiger partial charge in [0.05, 0.1) is 13.5 Å². The first-order chi connectivity index (χ1) is 8.70. The fraction of sp³-hybridized carbons (Fsp3) is 0.188. The second-order valence-electron chi connectivity index (χ2n) is 3.93. The molecule has 2 aromatic carbocycles. The summed E-state index contributed by atoms with van der Waals surface area (Å²) in [4.78, 5) is 11.1. The summed E-state index contributed by atoms with van der Waals surface area (Å²) in [6.07, 6.45) is 0.0858. The molecule has 0 N–H and O–H groups in total. The fourth-order valence-electron chi connectivity index (χ4n) is 1.76. The van der Waals surface area contributed by atoms with Crippen molar-refractivity contribution in [1.29, 1.82) is 0 Å². The highest BCUT2D eigenvalue weighted by Gasteiger charge is 2.08. The normalized spacial score (nSPS) is 9.58. The molecule has 0 heterocycles. The van der Waals surface area contributed by atoms with E-state index in [0.29, 0.717) is 11.1 Å². The maximum atomic E-state index is 13.9. The van der Waals surface area contributed by atoms with E-state index < -0.39 is 0 Å². The maximum Gasteiger partial charge on any atom is 0.309 e. The van der Waals surface area contributed by atoms with Crippen molar-refractivity contribution in [3.63, 3.8) is 0 Å². The SMILES string of the molecule is C.COC(=O)Cc1ccc(-c2ccccc2)c(F)c1. The summed E-state index contributed by atoms with van der Waals surface area (Å²) in [5, 5.41) is 0. The minimum absolute atomic E-state index is 0. The lowest BCUT2D eigenvalue weighted by Crippen LogP contribution is -2.04. The van der Waals surface area contributed by atoms with Crippen LogP contribution in [-0.4, -0.2) is 13.1 Å². The Morgan fingerprint density at radius 2 is 1.84 bits per heavy atom. The molecular formula is C16H17FO2. The third kappa shape index (κ3) is 3.65. The highest BCUT2D eigenvalue weighted by Crippen LogP contribution is 2.23. The van der Waals surface area contributed by atoms with Gasteiger partial charge < -0.3 is 4.74 Å². The first kappa shape index (κ1) is 14.9. The summed E-state index contributed by atoms with van der Waals surface area (Å²) in [7, 11) is 1.32. The van der Waals surface area contributed by atoms with E-state index in [9.17, 15) is 9.18 Å². The molecule has 0 radical (unpaired) electrons. The molecule has 19 heavy (non-hydrogen) atoms. The number of carbonyl (C=O) groups excluding carboxylic acids is 1. The minimum atomic E-state index is -0.373. The van der Waals surface area contributed by atoms with Crippen LogP contribution in [0.4, 0.5) is 4.39 Å². The van der Waals surface area contributed by atoms with Gasteiger partial charge in [-0.15, -0.1) is 0 Å². The molecule has 0 aliphatic carbocycles. The van der Waals surface area contributed by atoms with Gasteiger partial charge in [-0.3, -0.25) is 4.79 Å². The molecule has 0 aromatic heterocycles. The topological polar surface area (TPSA) is 26.3 Å². The van der Waals surface area contributed by atoms with Gasteiger partial charge in [0.25, 0.3) is 0 Å². The third-order valence-electron chi connectivity index (χ3n) is 2.69. The first-order valence-corrected chi connectivity index (χ1v) is 5.61. The van der Waals surface area contributed by atoms with Crippen LogP contribution in [0.1, 0.15) is 13.0 Å². The zero-order valence-electron chi connectivity index (χ0n) is 10.0. The molecule has 0 saturated heterocycles. The zero-order chi connectivity index (χ0) is 13.0. The summed E-state index contributed by atoms with van der Waals surface area (Å²) in [5.41, 5.74) is 1.96. The Labute approximate surface area is 112 Å². The van der Waals surface area contributed by atoms with Crippen LogP contribution in [0, 0.1) is 5.82 Å². The van der Waals surface area contributed by atoms with Crippen molar-refractivity contribution in [1.82, 2.24) is 0 Å². The Balaban J connectivity index is 0.00000180. The van der Waals surface area contributed by atoms with Gasteiger partial charge in [0.15, 0.2) is 0 Å². The van der Waals surface area contributed by atoms with E-state index in [1.165, 1.54) is 13.2 Å². The number of ether oxygens (including phenoxy) is 1. The van der Waals surface area contributed by atoms with Crippen molar-refractivity contribution in [3.05, 3.63) is 59.9 Å². The van der Waals surface area contributed by atoms with Gasteiger partial charge in [0.1, 0.15) is 5.82 Å². The van der Waals surface area contributed by atoms with Gasteiger partial charge in [-0.1, -0.05) is 49.9 Å². The molecule has 0 bridgehead atoms. The molecule has 2 nitrogen and oxygen atoms in total. The van der Waals surface area contributed by atoms with Crippen LogP contribution < -0.4 is 0 Å². The molecule has 0 unspecified atom stereocenters. The molecule has 2 rings (SSSR count). The first-order valence-electron chi connectivity index (χ1n) is 5.61. The minimum Gasteiger partial charge on any atom is -0.469 e. The van der Waals surface area contributed by atoms with Crippen LogP contribution in [0.15, 0.2) is 48.5 Å². The molecule has 0 saturated carbocycles. The quantitative estimate of drug-likeness (QED) is 0.784. The lowest BCUT2D eigenvalue weighted by atomic mass is 10.0. The molecule has 2 aromatic rings. The van der Waals surface area contributed by atoms with Crippen molar-refractivity contribution in [2.24, 2.45) is 0 Å². The van der Waals surface area contributed by atoms with Crippen LogP contribution in [0.5, 0.6) is 0 Å². The number of rotatable bonds is 3. The number of esters is 1. The van der Waals surface area contributed by atoms with E-state index in [4.69, 9.17) is 0 Å². The van der Waals surface area contributed by atoms with Crippen molar-refractivity contribution in [3.8, 4) is 11.1 Å². The molecule has 0 aliphatic heterocycles. The number of carbonyl (C=O) groups is 1. The van der Waals surface area contributed by atoms with Crippen molar-refractivity contribution >= 4 is 5.97 Å². The van der Waals surface area contributed by atoms with Crippen LogP contribution >= 0.6 is 0 Å². The van der Waals surface area contributed by atoms with E-state index in [1.807, 2.05) is 30.3 Å². The van der Waals surface area contributed by atoms with Gasteiger partial charge in [0.2, 0.25) is 0 Å². The average Bonchev–Trinajstić information content (AvgIpc) is 2.40. The molecule has 0 amide bonds. The van der Waals surface area contributed by atoms with Crippen molar-refractivity contribution in [2.75, 3.05) is 7.11 Å². The Hall–Kier alpha value is -2.16. The largest absolute Gasteiger partial charge is 0.469 e. The van der Waals surface area contributed by atoms with Crippen LogP contribution in [-0.2, 0) is 16.0 Å². The molecular weight excluding hydrogens is 243 g/mol. The second kappa shape index (κ2) is 6.69.